The van der Waals surface area contributed by atoms with Crippen LogP contribution in [0.4, 0.5) is 5.69 Å². The Morgan fingerprint density at radius 2 is 2.06 bits per heavy atom. The maximum Gasteiger partial charge on any atom is 0.277 e. The molecule has 6 nitrogen and oxygen atoms in total. The smallest absolute Gasteiger partial charge is 0.277 e. The van der Waals surface area contributed by atoms with Gasteiger partial charge in [-0.05, 0) is 6.07 Å². The zero-order valence-electron chi connectivity index (χ0n) is 8.91. The van der Waals surface area contributed by atoms with Crippen LogP contribution in [0.1, 0.15) is 5.56 Å². The maximum atomic E-state index is 10.9. The molecule has 1 heterocycles. The van der Waals surface area contributed by atoms with Crippen molar-refractivity contribution in [1.82, 2.24) is 0 Å². The fourth-order valence-electron chi connectivity index (χ4n) is 1.67. The molecule has 0 aromatic heterocycles. The Kier molecular flexibility index (Phi) is 3.36. The molecule has 1 aliphatic rings. The minimum atomic E-state index is -0.749. The molecule has 6 heteroatoms. The summed E-state index contributed by atoms with van der Waals surface area (Å²) in [5, 5.41) is 20.1. The van der Waals surface area contributed by atoms with Crippen molar-refractivity contribution < 1.29 is 19.5 Å². The molecule has 2 rings (SSSR count). The molecule has 0 spiro atoms. The van der Waals surface area contributed by atoms with Crippen LogP contribution in [0.15, 0.2) is 30.5 Å². The van der Waals surface area contributed by atoms with Gasteiger partial charge in [-0.1, -0.05) is 12.1 Å². The topological polar surface area (TPSA) is 81.8 Å². The van der Waals surface area contributed by atoms with Gasteiger partial charge in [-0.2, -0.15) is 0 Å². The largest absolute Gasteiger partial charge is 0.515 e. The molecule has 1 N–H and O–H groups in total. The third-order valence-corrected chi connectivity index (χ3v) is 2.43. The first kappa shape index (κ1) is 11.6. The Bertz CT molecular complexity index is 451. The van der Waals surface area contributed by atoms with Crippen molar-refractivity contribution >= 4 is 11.3 Å². The Morgan fingerprint density at radius 1 is 1.41 bits per heavy atom. The predicted molar refractivity (Wildman–Crippen MR) is 59.4 cm³/mol. The van der Waals surface area contributed by atoms with Gasteiger partial charge in [0.05, 0.1) is 35.5 Å². The molecule has 0 aliphatic carbocycles. The van der Waals surface area contributed by atoms with Gasteiger partial charge in [-0.3, -0.25) is 10.1 Å². The van der Waals surface area contributed by atoms with Crippen LogP contribution >= 0.6 is 0 Å². The third kappa shape index (κ3) is 2.27. The van der Waals surface area contributed by atoms with Crippen molar-refractivity contribution in [3.8, 4) is 0 Å². The van der Waals surface area contributed by atoms with Crippen LogP contribution in [0.5, 0.6) is 0 Å². The third-order valence-electron chi connectivity index (χ3n) is 2.43. The van der Waals surface area contributed by atoms with Crippen molar-refractivity contribution in [1.29, 1.82) is 0 Å². The van der Waals surface area contributed by atoms with E-state index in [1.165, 1.54) is 6.07 Å². The van der Waals surface area contributed by atoms with Crippen molar-refractivity contribution in [2.45, 2.75) is 6.29 Å². The van der Waals surface area contributed by atoms with Crippen LogP contribution in [-0.2, 0) is 9.47 Å². The normalized spacial score (nSPS) is 17.3. The van der Waals surface area contributed by atoms with Gasteiger partial charge < -0.3 is 14.6 Å². The van der Waals surface area contributed by atoms with Crippen molar-refractivity contribution in [3.05, 3.63) is 46.2 Å². The molecule has 1 saturated heterocycles. The first-order chi connectivity index (χ1) is 8.24. The summed E-state index contributed by atoms with van der Waals surface area (Å²) in [6.45, 7) is 0.811. The standard InChI is InChI=1S/C11H11NO5/c13-7-9(11-16-5-6-17-11)8-3-1-2-4-10(8)12(14)15/h1-4,7,11,13H,5-6H2/b9-7+. The first-order valence-electron chi connectivity index (χ1n) is 5.05. The number of nitrogens with zero attached hydrogens (tertiary/aromatic N) is 1. The Labute approximate surface area is 97.2 Å². The van der Waals surface area contributed by atoms with E-state index in [1.807, 2.05) is 0 Å². The average molecular weight is 237 g/mol. The molecule has 1 aliphatic heterocycles. The van der Waals surface area contributed by atoms with Gasteiger partial charge in [0.15, 0.2) is 6.29 Å². The van der Waals surface area contributed by atoms with Crippen LogP contribution in [0.25, 0.3) is 5.57 Å². The van der Waals surface area contributed by atoms with Gasteiger partial charge >= 0.3 is 0 Å². The van der Waals surface area contributed by atoms with Crippen LogP contribution < -0.4 is 0 Å². The number of hydrogen-bond donors (Lipinski definition) is 1. The Hall–Kier alpha value is -1.92. The average Bonchev–Trinajstić information content (AvgIpc) is 2.84. The number of rotatable bonds is 3. The van der Waals surface area contributed by atoms with E-state index < -0.39 is 11.2 Å². The van der Waals surface area contributed by atoms with Crippen LogP contribution in [0, 0.1) is 10.1 Å². The summed E-state index contributed by atoms with van der Waals surface area (Å²) in [6, 6.07) is 6.13. The number of aliphatic hydroxyl groups is 1. The second kappa shape index (κ2) is 4.94. The van der Waals surface area contributed by atoms with E-state index in [9.17, 15) is 15.2 Å². The van der Waals surface area contributed by atoms with Crippen LogP contribution in [0.2, 0.25) is 0 Å². The van der Waals surface area contributed by atoms with Gasteiger partial charge in [-0.15, -0.1) is 0 Å². The molecule has 1 aromatic carbocycles. The van der Waals surface area contributed by atoms with Crippen LogP contribution in [0.3, 0.4) is 0 Å². The number of aliphatic hydroxyl groups excluding tert-OH is 1. The summed E-state index contributed by atoms with van der Waals surface area (Å²) in [5.41, 5.74) is 0.466. The molecular weight excluding hydrogens is 226 g/mol. The lowest BCUT2D eigenvalue weighted by Crippen LogP contribution is -2.11. The van der Waals surface area contributed by atoms with Gasteiger partial charge in [-0.25, -0.2) is 0 Å². The van der Waals surface area contributed by atoms with Gasteiger partial charge in [0.1, 0.15) is 0 Å². The summed E-state index contributed by atoms with van der Waals surface area (Å²) in [7, 11) is 0. The zero-order chi connectivity index (χ0) is 12.3. The summed E-state index contributed by atoms with van der Waals surface area (Å²) in [5.74, 6) is 0. The van der Waals surface area contributed by atoms with E-state index in [2.05, 4.69) is 0 Å². The quantitative estimate of drug-likeness (QED) is 0.493. The predicted octanol–water partition coefficient (Wildman–Crippen LogP) is 1.87. The minimum absolute atomic E-state index is 0.0908. The van der Waals surface area contributed by atoms with Gasteiger partial charge in [0.25, 0.3) is 5.69 Å². The number of nitro groups is 1. The van der Waals surface area contributed by atoms with Crippen LogP contribution in [-0.4, -0.2) is 29.5 Å². The van der Waals surface area contributed by atoms with Gasteiger partial charge in [0, 0.05) is 6.07 Å². The van der Waals surface area contributed by atoms with E-state index in [1.54, 1.807) is 18.2 Å². The summed E-state index contributed by atoms with van der Waals surface area (Å²) < 4.78 is 10.4. The minimum Gasteiger partial charge on any atom is -0.515 e. The van der Waals surface area contributed by atoms with Crippen molar-refractivity contribution in [2.75, 3.05) is 13.2 Å². The lowest BCUT2D eigenvalue weighted by molar-refractivity contribution is -0.385. The molecule has 0 amide bonds. The highest BCUT2D eigenvalue weighted by Gasteiger charge is 2.27. The van der Waals surface area contributed by atoms with E-state index in [-0.39, 0.29) is 11.3 Å². The Balaban J connectivity index is 2.40. The lowest BCUT2D eigenvalue weighted by atomic mass is 10.0. The molecule has 0 radical (unpaired) electrons. The molecule has 0 saturated carbocycles. The molecule has 0 atom stereocenters. The fraction of sp³-hybridized carbons (Fsp3) is 0.273. The van der Waals surface area contributed by atoms with E-state index >= 15 is 0 Å². The number of ether oxygens (including phenoxy) is 2. The molecule has 1 aromatic rings. The number of nitro benzene ring substituents is 1. The van der Waals surface area contributed by atoms with Crippen molar-refractivity contribution in [3.63, 3.8) is 0 Å². The molecule has 1 fully saturated rings. The van der Waals surface area contributed by atoms with E-state index in [4.69, 9.17) is 9.47 Å². The fourth-order valence-corrected chi connectivity index (χ4v) is 1.67. The number of benzene rings is 1. The molecule has 90 valence electrons. The zero-order valence-corrected chi connectivity index (χ0v) is 8.91. The van der Waals surface area contributed by atoms with Gasteiger partial charge in [0.2, 0.25) is 0 Å². The maximum absolute atomic E-state index is 10.9. The highest BCUT2D eigenvalue weighted by molar-refractivity contribution is 5.74. The number of para-hydroxylation sites is 1. The highest BCUT2D eigenvalue weighted by atomic mass is 16.7. The second-order valence-corrected chi connectivity index (χ2v) is 3.43. The summed E-state index contributed by atoms with van der Waals surface area (Å²) >= 11 is 0. The summed E-state index contributed by atoms with van der Waals surface area (Å²) in [4.78, 5) is 10.4. The van der Waals surface area contributed by atoms with E-state index in [0.717, 1.165) is 6.26 Å². The monoisotopic (exact) mass is 237 g/mol. The first-order valence-corrected chi connectivity index (χ1v) is 5.05. The lowest BCUT2D eigenvalue weighted by Gasteiger charge is -2.12. The number of hydrogen-bond acceptors (Lipinski definition) is 5. The second-order valence-electron chi connectivity index (χ2n) is 3.43. The van der Waals surface area contributed by atoms with Crippen molar-refractivity contribution in [2.24, 2.45) is 0 Å². The molecule has 17 heavy (non-hydrogen) atoms. The summed E-state index contributed by atoms with van der Waals surface area (Å²) in [6.07, 6.45) is 0.0410. The molecule has 0 bridgehead atoms. The SMILES string of the molecule is O=[N+]([O-])c1ccccc1/C(=C\O)C1OCCO1. The Morgan fingerprint density at radius 3 is 2.65 bits per heavy atom. The molecule has 0 unspecified atom stereocenters. The van der Waals surface area contributed by atoms with E-state index in [0.29, 0.717) is 18.8 Å². The highest BCUT2D eigenvalue weighted by Crippen LogP contribution is 2.30. The molecular formula is C11H11NO5.